The van der Waals surface area contributed by atoms with E-state index in [2.05, 4.69) is 15.6 Å². The van der Waals surface area contributed by atoms with Gasteiger partial charge in [-0.3, -0.25) is 4.99 Å². The summed E-state index contributed by atoms with van der Waals surface area (Å²) in [6.45, 7) is 3.09. The SMILES string of the molecule is CCNC(=NCCc1cc(F)ccc1F)NC1CCC(O)CC1. The van der Waals surface area contributed by atoms with Crippen molar-refractivity contribution in [3.8, 4) is 0 Å². The first-order valence-electron chi connectivity index (χ1n) is 8.25. The Morgan fingerprint density at radius 3 is 2.70 bits per heavy atom. The number of rotatable bonds is 5. The highest BCUT2D eigenvalue weighted by Crippen LogP contribution is 2.18. The van der Waals surface area contributed by atoms with E-state index in [1.165, 1.54) is 6.07 Å². The van der Waals surface area contributed by atoms with Crippen molar-refractivity contribution in [2.24, 2.45) is 4.99 Å². The van der Waals surface area contributed by atoms with E-state index < -0.39 is 11.6 Å². The Balaban J connectivity index is 1.89. The second kappa shape index (κ2) is 8.82. The fourth-order valence-corrected chi connectivity index (χ4v) is 2.76. The van der Waals surface area contributed by atoms with Crippen molar-refractivity contribution in [3.05, 3.63) is 35.4 Å². The molecule has 1 aromatic rings. The molecule has 0 radical (unpaired) electrons. The smallest absolute Gasteiger partial charge is 0.191 e. The molecule has 6 heteroatoms. The lowest BCUT2D eigenvalue weighted by Crippen LogP contribution is -2.45. The van der Waals surface area contributed by atoms with Crippen LogP contribution in [0.4, 0.5) is 8.78 Å². The maximum absolute atomic E-state index is 13.6. The Morgan fingerprint density at radius 1 is 1.26 bits per heavy atom. The van der Waals surface area contributed by atoms with Gasteiger partial charge in [0.05, 0.1) is 6.10 Å². The Morgan fingerprint density at radius 2 is 2.00 bits per heavy atom. The normalized spacial score (nSPS) is 22.0. The van der Waals surface area contributed by atoms with Crippen molar-refractivity contribution >= 4 is 5.96 Å². The minimum atomic E-state index is -0.434. The maximum Gasteiger partial charge on any atom is 0.191 e. The number of aliphatic hydroxyl groups excluding tert-OH is 1. The molecule has 0 heterocycles. The lowest BCUT2D eigenvalue weighted by molar-refractivity contribution is 0.120. The number of aliphatic imine (C=N–C) groups is 1. The summed E-state index contributed by atoms with van der Waals surface area (Å²) in [7, 11) is 0. The van der Waals surface area contributed by atoms with E-state index in [1.54, 1.807) is 0 Å². The van der Waals surface area contributed by atoms with Crippen LogP contribution in [0.5, 0.6) is 0 Å². The minimum Gasteiger partial charge on any atom is -0.393 e. The molecule has 0 bridgehead atoms. The molecule has 1 saturated carbocycles. The Hall–Kier alpha value is -1.69. The van der Waals surface area contributed by atoms with Crippen molar-refractivity contribution in [3.63, 3.8) is 0 Å². The molecule has 4 nitrogen and oxygen atoms in total. The van der Waals surface area contributed by atoms with Gasteiger partial charge < -0.3 is 15.7 Å². The van der Waals surface area contributed by atoms with Gasteiger partial charge in [0, 0.05) is 19.1 Å². The fraction of sp³-hybridized carbons (Fsp3) is 0.588. The van der Waals surface area contributed by atoms with Crippen LogP contribution in [0.25, 0.3) is 0 Å². The molecule has 1 aliphatic rings. The molecule has 1 aliphatic carbocycles. The van der Waals surface area contributed by atoms with Gasteiger partial charge in [-0.25, -0.2) is 8.78 Å². The van der Waals surface area contributed by atoms with Crippen LogP contribution in [-0.2, 0) is 6.42 Å². The predicted molar refractivity (Wildman–Crippen MR) is 87.4 cm³/mol. The third-order valence-corrected chi connectivity index (χ3v) is 4.04. The summed E-state index contributed by atoms with van der Waals surface area (Å²) in [5.41, 5.74) is 0.338. The highest BCUT2D eigenvalue weighted by Gasteiger charge is 2.19. The summed E-state index contributed by atoms with van der Waals surface area (Å²) in [4.78, 5) is 4.44. The van der Waals surface area contributed by atoms with Crippen molar-refractivity contribution in [1.29, 1.82) is 0 Å². The number of nitrogens with zero attached hydrogens (tertiary/aromatic N) is 1. The summed E-state index contributed by atoms with van der Waals surface area (Å²) in [5, 5.41) is 16.1. The van der Waals surface area contributed by atoms with Crippen LogP contribution in [0.2, 0.25) is 0 Å². The number of hydrogen-bond donors (Lipinski definition) is 3. The standard InChI is InChI=1S/C17H25F2N3O/c1-2-20-17(22-14-4-6-15(23)7-5-14)21-10-9-12-11-13(18)3-8-16(12)19/h3,8,11,14-15,23H,2,4-7,9-10H2,1H3,(H2,20,21,22). The van der Waals surface area contributed by atoms with E-state index in [0.717, 1.165) is 44.4 Å². The summed E-state index contributed by atoms with van der Waals surface area (Å²) < 4.78 is 26.7. The van der Waals surface area contributed by atoms with Crippen LogP contribution < -0.4 is 10.6 Å². The van der Waals surface area contributed by atoms with E-state index in [4.69, 9.17) is 0 Å². The molecule has 0 amide bonds. The second-order valence-electron chi connectivity index (χ2n) is 5.90. The van der Waals surface area contributed by atoms with Crippen molar-refractivity contribution in [2.75, 3.05) is 13.1 Å². The predicted octanol–water partition coefficient (Wildman–Crippen LogP) is 2.37. The molecular formula is C17H25F2N3O. The Kier molecular flexibility index (Phi) is 6.77. The third kappa shape index (κ3) is 5.78. The first-order chi connectivity index (χ1) is 11.1. The highest BCUT2D eigenvalue weighted by molar-refractivity contribution is 5.80. The van der Waals surface area contributed by atoms with Gasteiger partial charge in [0.15, 0.2) is 5.96 Å². The zero-order valence-corrected chi connectivity index (χ0v) is 13.5. The van der Waals surface area contributed by atoms with Crippen LogP contribution in [0, 0.1) is 11.6 Å². The monoisotopic (exact) mass is 325 g/mol. The molecule has 0 spiro atoms. The first-order valence-corrected chi connectivity index (χ1v) is 8.25. The topological polar surface area (TPSA) is 56.7 Å². The second-order valence-corrected chi connectivity index (χ2v) is 5.90. The van der Waals surface area contributed by atoms with Crippen LogP contribution >= 0.6 is 0 Å². The number of halogens is 2. The van der Waals surface area contributed by atoms with Gasteiger partial charge in [-0.05, 0) is 62.8 Å². The van der Waals surface area contributed by atoms with E-state index >= 15 is 0 Å². The van der Waals surface area contributed by atoms with Crippen molar-refractivity contribution < 1.29 is 13.9 Å². The third-order valence-electron chi connectivity index (χ3n) is 4.04. The Labute approximate surface area is 136 Å². The van der Waals surface area contributed by atoms with Gasteiger partial charge in [0.25, 0.3) is 0 Å². The molecule has 1 aromatic carbocycles. The molecule has 2 rings (SSSR count). The molecule has 1 fully saturated rings. The number of aliphatic hydroxyl groups is 1. The zero-order chi connectivity index (χ0) is 16.7. The van der Waals surface area contributed by atoms with Gasteiger partial charge in [-0.1, -0.05) is 0 Å². The molecule has 0 atom stereocenters. The number of benzene rings is 1. The molecule has 0 aliphatic heterocycles. The highest BCUT2D eigenvalue weighted by atomic mass is 19.1. The van der Waals surface area contributed by atoms with E-state index in [1.807, 2.05) is 6.92 Å². The lowest BCUT2D eigenvalue weighted by atomic mass is 9.93. The fourth-order valence-electron chi connectivity index (χ4n) is 2.76. The van der Waals surface area contributed by atoms with E-state index in [-0.39, 0.29) is 6.10 Å². The maximum atomic E-state index is 13.6. The minimum absolute atomic E-state index is 0.191. The van der Waals surface area contributed by atoms with Gasteiger partial charge in [-0.15, -0.1) is 0 Å². The lowest BCUT2D eigenvalue weighted by Gasteiger charge is -2.27. The van der Waals surface area contributed by atoms with Crippen LogP contribution in [0.3, 0.4) is 0 Å². The molecule has 23 heavy (non-hydrogen) atoms. The quantitative estimate of drug-likeness (QED) is 0.575. The van der Waals surface area contributed by atoms with Gasteiger partial charge in [0.1, 0.15) is 11.6 Å². The molecule has 0 unspecified atom stereocenters. The number of hydrogen-bond acceptors (Lipinski definition) is 2. The number of nitrogens with one attached hydrogen (secondary N) is 2. The molecule has 3 N–H and O–H groups in total. The van der Waals surface area contributed by atoms with Crippen LogP contribution in [0.15, 0.2) is 23.2 Å². The average molecular weight is 325 g/mol. The van der Waals surface area contributed by atoms with Gasteiger partial charge in [0.2, 0.25) is 0 Å². The van der Waals surface area contributed by atoms with E-state index in [9.17, 15) is 13.9 Å². The first kappa shape index (κ1) is 17.7. The van der Waals surface area contributed by atoms with Gasteiger partial charge in [-0.2, -0.15) is 0 Å². The number of guanidine groups is 1. The Bertz CT molecular complexity index is 529. The summed E-state index contributed by atoms with van der Waals surface area (Å²) >= 11 is 0. The van der Waals surface area contributed by atoms with Crippen molar-refractivity contribution in [2.45, 2.75) is 51.2 Å². The molecular weight excluding hydrogens is 300 g/mol. The summed E-state index contributed by atoms with van der Waals surface area (Å²) in [6, 6.07) is 3.77. The van der Waals surface area contributed by atoms with Crippen LogP contribution in [0.1, 0.15) is 38.2 Å². The average Bonchev–Trinajstić information content (AvgIpc) is 2.53. The summed E-state index contributed by atoms with van der Waals surface area (Å²) in [6.07, 6.45) is 3.57. The molecule has 0 saturated heterocycles. The van der Waals surface area contributed by atoms with E-state index in [0.29, 0.717) is 30.5 Å². The van der Waals surface area contributed by atoms with Gasteiger partial charge >= 0.3 is 0 Å². The largest absolute Gasteiger partial charge is 0.393 e. The zero-order valence-electron chi connectivity index (χ0n) is 13.5. The summed E-state index contributed by atoms with van der Waals surface area (Å²) in [5.74, 6) is -0.150. The molecule has 0 aromatic heterocycles. The van der Waals surface area contributed by atoms with Crippen LogP contribution in [-0.4, -0.2) is 36.3 Å². The molecule has 128 valence electrons. The van der Waals surface area contributed by atoms with Crippen molar-refractivity contribution in [1.82, 2.24) is 10.6 Å².